The van der Waals surface area contributed by atoms with Gasteiger partial charge in [-0.05, 0) is 25.5 Å². The fraction of sp³-hybridized carbons (Fsp3) is 0.600. The first-order chi connectivity index (χ1) is 9.97. The van der Waals surface area contributed by atoms with Gasteiger partial charge in [-0.2, -0.15) is 0 Å². The minimum absolute atomic E-state index is 0.0793. The van der Waals surface area contributed by atoms with E-state index in [4.69, 9.17) is 4.74 Å². The molecule has 0 aromatic heterocycles. The van der Waals surface area contributed by atoms with Crippen molar-refractivity contribution in [1.82, 2.24) is 0 Å². The molecule has 1 saturated heterocycles. The third-order valence-electron chi connectivity index (χ3n) is 3.51. The van der Waals surface area contributed by atoms with Gasteiger partial charge in [-0.25, -0.2) is 8.42 Å². The summed E-state index contributed by atoms with van der Waals surface area (Å²) in [6, 6.07) is 7.29. The van der Waals surface area contributed by atoms with E-state index in [1.165, 1.54) is 0 Å². The lowest BCUT2D eigenvalue weighted by molar-refractivity contribution is -0.00214. The van der Waals surface area contributed by atoms with E-state index in [0.717, 1.165) is 11.0 Å². The number of halogens is 1. The molecule has 4 nitrogen and oxygen atoms in total. The lowest BCUT2D eigenvalue weighted by Gasteiger charge is -2.38. The third-order valence-corrected chi connectivity index (χ3v) is 6.20. The highest BCUT2D eigenvalue weighted by Gasteiger charge is 2.28. The van der Waals surface area contributed by atoms with Gasteiger partial charge >= 0.3 is 0 Å². The van der Waals surface area contributed by atoms with E-state index in [1.807, 2.05) is 26.0 Å². The summed E-state index contributed by atoms with van der Waals surface area (Å²) in [4.78, 5) is 2.57. The number of rotatable bonds is 5. The van der Waals surface area contributed by atoms with Crippen LogP contribution >= 0.6 is 15.9 Å². The van der Waals surface area contributed by atoms with Gasteiger partial charge in [-0.15, -0.1) is 0 Å². The van der Waals surface area contributed by atoms with Gasteiger partial charge < -0.3 is 9.64 Å². The van der Waals surface area contributed by atoms with Gasteiger partial charge in [0.15, 0.2) is 9.84 Å². The number of ether oxygens (including phenoxy) is 1. The number of morpholine rings is 1. The molecule has 0 saturated carbocycles. The number of anilines is 1. The van der Waals surface area contributed by atoms with Crippen LogP contribution < -0.4 is 4.90 Å². The molecule has 1 aromatic rings. The summed E-state index contributed by atoms with van der Waals surface area (Å²) in [5.74, 6) is 0.186. The zero-order chi connectivity index (χ0) is 15.5. The third kappa shape index (κ3) is 3.99. The van der Waals surface area contributed by atoms with Crippen LogP contribution in [0.25, 0.3) is 0 Å². The van der Waals surface area contributed by atoms with E-state index in [-0.39, 0.29) is 18.0 Å². The number of para-hydroxylation sites is 1. The average molecular weight is 376 g/mol. The van der Waals surface area contributed by atoms with Gasteiger partial charge in [-0.3, -0.25) is 0 Å². The van der Waals surface area contributed by atoms with Crippen molar-refractivity contribution in [2.45, 2.75) is 37.4 Å². The molecule has 2 unspecified atom stereocenters. The smallest absolute Gasteiger partial charge is 0.180 e. The SMILES string of the molecule is CCCS(=O)(=O)c1ccccc1N1CC(C)OC(CBr)C1. The zero-order valence-electron chi connectivity index (χ0n) is 12.5. The normalized spacial score (nSPS) is 23.3. The molecule has 2 atom stereocenters. The lowest BCUT2D eigenvalue weighted by atomic mass is 10.2. The molecule has 0 radical (unpaired) electrons. The van der Waals surface area contributed by atoms with Crippen molar-refractivity contribution >= 4 is 31.5 Å². The number of sulfone groups is 1. The molecule has 1 heterocycles. The topological polar surface area (TPSA) is 46.6 Å². The molecule has 0 bridgehead atoms. The second-order valence-electron chi connectivity index (χ2n) is 5.41. The Hall–Kier alpha value is -0.590. The molecule has 1 aliphatic rings. The Morgan fingerprint density at radius 2 is 2.05 bits per heavy atom. The quantitative estimate of drug-likeness (QED) is 0.742. The molecule has 1 aromatic carbocycles. The highest BCUT2D eigenvalue weighted by atomic mass is 79.9. The summed E-state index contributed by atoms with van der Waals surface area (Å²) in [5.41, 5.74) is 0.798. The molecule has 0 N–H and O–H groups in total. The zero-order valence-corrected chi connectivity index (χ0v) is 14.9. The number of benzene rings is 1. The van der Waals surface area contributed by atoms with Crippen LogP contribution in [-0.4, -0.2) is 44.8 Å². The maximum atomic E-state index is 12.5. The molecular formula is C15H22BrNO3S. The van der Waals surface area contributed by atoms with Crippen molar-refractivity contribution in [3.63, 3.8) is 0 Å². The fourth-order valence-electron chi connectivity index (χ4n) is 2.69. The van der Waals surface area contributed by atoms with E-state index in [2.05, 4.69) is 20.8 Å². The van der Waals surface area contributed by atoms with E-state index in [0.29, 0.717) is 24.4 Å². The van der Waals surface area contributed by atoms with Gasteiger partial charge in [-0.1, -0.05) is 35.0 Å². The van der Waals surface area contributed by atoms with Crippen molar-refractivity contribution in [2.24, 2.45) is 0 Å². The standard InChI is InChI=1S/C15H22BrNO3S/c1-3-8-21(18,19)15-7-5-4-6-14(15)17-10-12(2)20-13(9-16)11-17/h4-7,12-13H,3,8-11H2,1-2H3. The number of alkyl halides is 1. The Balaban J connectivity index is 2.36. The van der Waals surface area contributed by atoms with Crippen LogP contribution in [0.2, 0.25) is 0 Å². The molecule has 2 rings (SSSR count). The van der Waals surface area contributed by atoms with Crippen LogP contribution in [0.3, 0.4) is 0 Å². The number of hydrogen-bond acceptors (Lipinski definition) is 4. The molecular weight excluding hydrogens is 354 g/mol. The van der Waals surface area contributed by atoms with Crippen LogP contribution in [-0.2, 0) is 14.6 Å². The molecule has 118 valence electrons. The summed E-state index contributed by atoms with van der Waals surface area (Å²) in [7, 11) is -3.23. The molecule has 6 heteroatoms. The Morgan fingerprint density at radius 3 is 2.71 bits per heavy atom. The van der Waals surface area contributed by atoms with Gasteiger partial charge in [0, 0.05) is 18.4 Å². The first-order valence-electron chi connectivity index (χ1n) is 7.26. The van der Waals surface area contributed by atoms with E-state index < -0.39 is 9.84 Å². The van der Waals surface area contributed by atoms with E-state index in [1.54, 1.807) is 12.1 Å². The van der Waals surface area contributed by atoms with Crippen LogP contribution in [0.15, 0.2) is 29.2 Å². The molecule has 1 fully saturated rings. The van der Waals surface area contributed by atoms with Crippen LogP contribution in [0, 0.1) is 0 Å². The highest BCUT2D eigenvalue weighted by Crippen LogP contribution is 2.29. The predicted molar refractivity (Wildman–Crippen MR) is 89.1 cm³/mol. The van der Waals surface area contributed by atoms with Gasteiger partial charge in [0.1, 0.15) is 0 Å². The second kappa shape index (κ2) is 7.11. The predicted octanol–water partition coefficient (Wildman–Crippen LogP) is 2.86. The van der Waals surface area contributed by atoms with Gasteiger partial charge in [0.25, 0.3) is 0 Å². The maximum Gasteiger partial charge on any atom is 0.180 e. The van der Waals surface area contributed by atoms with Crippen LogP contribution in [0.4, 0.5) is 5.69 Å². The van der Waals surface area contributed by atoms with E-state index >= 15 is 0 Å². The minimum Gasteiger partial charge on any atom is -0.371 e. The second-order valence-corrected chi connectivity index (χ2v) is 8.14. The van der Waals surface area contributed by atoms with Crippen molar-refractivity contribution in [3.05, 3.63) is 24.3 Å². The van der Waals surface area contributed by atoms with Gasteiger partial charge in [0.05, 0.1) is 28.5 Å². The summed E-state index contributed by atoms with van der Waals surface area (Å²) in [6.45, 7) is 5.32. The first kappa shape index (κ1) is 16.8. The minimum atomic E-state index is -3.23. The van der Waals surface area contributed by atoms with Gasteiger partial charge in [0.2, 0.25) is 0 Å². The maximum absolute atomic E-state index is 12.5. The highest BCUT2D eigenvalue weighted by molar-refractivity contribution is 9.09. The average Bonchev–Trinajstić information content (AvgIpc) is 2.46. The Kier molecular flexibility index (Phi) is 5.68. The molecule has 0 aliphatic carbocycles. The summed E-state index contributed by atoms with van der Waals surface area (Å²) >= 11 is 3.45. The summed E-state index contributed by atoms with van der Waals surface area (Å²) in [5, 5.41) is 0.748. The van der Waals surface area contributed by atoms with Crippen molar-refractivity contribution in [3.8, 4) is 0 Å². The van der Waals surface area contributed by atoms with Crippen molar-refractivity contribution in [2.75, 3.05) is 29.1 Å². The molecule has 1 aliphatic heterocycles. The molecule has 21 heavy (non-hydrogen) atoms. The Morgan fingerprint density at radius 1 is 1.33 bits per heavy atom. The van der Waals surface area contributed by atoms with Crippen LogP contribution in [0.1, 0.15) is 20.3 Å². The summed E-state index contributed by atoms with van der Waals surface area (Å²) in [6.07, 6.45) is 0.791. The van der Waals surface area contributed by atoms with E-state index in [9.17, 15) is 8.42 Å². The molecule has 0 spiro atoms. The van der Waals surface area contributed by atoms with Crippen LogP contribution in [0.5, 0.6) is 0 Å². The Bertz CT molecular complexity index is 576. The van der Waals surface area contributed by atoms with Crippen molar-refractivity contribution in [1.29, 1.82) is 0 Å². The fourth-order valence-corrected chi connectivity index (χ4v) is 4.60. The number of nitrogens with zero attached hydrogens (tertiary/aromatic N) is 1. The first-order valence-corrected chi connectivity index (χ1v) is 10.0. The molecule has 0 amide bonds. The largest absolute Gasteiger partial charge is 0.371 e. The summed E-state index contributed by atoms with van der Waals surface area (Å²) < 4.78 is 30.7. The Labute approximate surface area is 135 Å². The monoisotopic (exact) mass is 375 g/mol. The van der Waals surface area contributed by atoms with Crippen molar-refractivity contribution < 1.29 is 13.2 Å². The number of hydrogen-bond donors (Lipinski definition) is 0. The lowest BCUT2D eigenvalue weighted by Crippen LogP contribution is -2.47.